The quantitative estimate of drug-likeness (QED) is 0.819. The van der Waals surface area contributed by atoms with E-state index in [4.69, 9.17) is 0 Å². The Morgan fingerprint density at radius 3 is 1.53 bits per heavy atom. The molecular formula is C12H28N2O2S. The first-order valence-electron chi connectivity index (χ1n) is 5.95. The van der Waals surface area contributed by atoms with Gasteiger partial charge in [-0.15, -0.1) is 0 Å². The highest BCUT2D eigenvalue weighted by Crippen LogP contribution is 2.27. The van der Waals surface area contributed by atoms with Gasteiger partial charge in [0.15, 0.2) is 0 Å². The smallest absolute Gasteiger partial charge is 0.197 e. The van der Waals surface area contributed by atoms with Crippen molar-refractivity contribution in [3.63, 3.8) is 0 Å². The van der Waals surface area contributed by atoms with Gasteiger partial charge in [-0.05, 0) is 46.5 Å². The molecule has 104 valence electrons. The summed E-state index contributed by atoms with van der Waals surface area (Å²) in [5.41, 5.74) is -0.854. The SMILES string of the molecule is CC(C)(C)CC(C)(C)NS(=O)(=O)NC(C)(C)C. The monoisotopic (exact) mass is 264 g/mol. The molecule has 0 heterocycles. The van der Waals surface area contributed by atoms with Gasteiger partial charge in [0.25, 0.3) is 10.2 Å². The van der Waals surface area contributed by atoms with Gasteiger partial charge in [0.1, 0.15) is 0 Å². The van der Waals surface area contributed by atoms with Gasteiger partial charge in [0.05, 0.1) is 0 Å². The van der Waals surface area contributed by atoms with E-state index >= 15 is 0 Å². The first-order valence-corrected chi connectivity index (χ1v) is 7.43. The highest BCUT2D eigenvalue weighted by Gasteiger charge is 2.31. The van der Waals surface area contributed by atoms with Crippen LogP contribution in [0.3, 0.4) is 0 Å². The molecule has 0 unspecified atom stereocenters. The Hall–Kier alpha value is -0.130. The predicted molar refractivity (Wildman–Crippen MR) is 73.1 cm³/mol. The molecule has 0 amide bonds. The van der Waals surface area contributed by atoms with E-state index in [1.54, 1.807) is 0 Å². The van der Waals surface area contributed by atoms with Crippen molar-refractivity contribution < 1.29 is 8.42 Å². The molecule has 0 aliphatic rings. The Morgan fingerprint density at radius 2 is 1.24 bits per heavy atom. The zero-order valence-electron chi connectivity index (χ0n) is 12.4. The van der Waals surface area contributed by atoms with Gasteiger partial charge in [-0.3, -0.25) is 0 Å². The maximum atomic E-state index is 11.9. The van der Waals surface area contributed by atoms with Crippen LogP contribution in [0.25, 0.3) is 0 Å². The number of nitrogens with one attached hydrogen (secondary N) is 2. The lowest BCUT2D eigenvalue weighted by Gasteiger charge is -2.34. The van der Waals surface area contributed by atoms with E-state index < -0.39 is 21.3 Å². The summed E-state index contributed by atoms with van der Waals surface area (Å²) in [6, 6.07) is 0. The zero-order chi connectivity index (χ0) is 14.1. The minimum atomic E-state index is -3.47. The standard InChI is InChI=1S/C12H28N2O2S/c1-10(2,3)9-12(7,8)14-17(15,16)13-11(4,5)6/h13-14H,9H2,1-8H3. The molecule has 5 heteroatoms. The lowest BCUT2D eigenvalue weighted by Crippen LogP contribution is -2.54. The van der Waals surface area contributed by atoms with E-state index in [1.165, 1.54) is 0 Å². The zero-order valence-corrected chi connectivity index (χ0v) is 13.2. The van der Waals surface area contributed by atoms with Gasteiger partial charge >= 0.3 is 0 Å². The maximum Gasteiger partial charge on any atom is 0.277 e. The van der Waals surface area contributed by atoms with Crippen molar-refractivity contribution in [1.29, 1.82) is 0 Å². The first kappa shape index (κ1) is 16.9. The highest BCUT2D eigenvalue weighted by atomic mass is 32.2. The fourth-order valence-corrected chi connectivity index (χ4v) is 3.81. The van der Waals surface area contributed by atoms with Crippen LogP contribution in [0.15, 0.2) is 0 Å². The van der Waals surface area contributed by atoms with Crippen LogP contribution in [-0.2, 0) is 10.2 Å². The van der Waals surface area contributed by atoms with Crippen LogP contribution in [0.4, 0.5) is 0 Å². The molecule has 0 rings (SSSR count). The Bertz CT molecular complexity index is 346. The third-order valence-electron chi connectivity index (χ3n) is 1.82. The van der Waals surface area contributed by atoms with Gasteiger partial charge in [-0.1, -0.05) is 20.8 Å². The molecule has 0 spiro atoms. The average Bonchev–Trinajstić information content (AvgIpc) is 1.65. The summed E-state index contributed by atoms with van der Waals surface area (Å²) in [5, 5.41) is 0. The van der Waals surface area contributed by atoms with Crippen molar-refractivity contribution in [3.05, 3.63) is 0 Å². The molecule has 0 saturated carbocycles. The van der Waals surface area contributed by atoms with E-state index in [2.05, 4.69) is 30.2 Å². The topological polar surface area (TPSA) is 58.2 Å². The maximum absolute atomic E-state index is 11.9. The second-order valence-electron chi connectivity index (χ2n) is 7.58. The molecule has 0 aromatic rings. The molecular weight excluding hydrogens is 236 g/mol. The van der Waals surface area contributed by atoms with Crippen molar-refractivity contribution >= 4 is 10.2 Å². The molecule has 0 atom stereocenters. The van der Waals surface area contributed by atoms with Crippen molar-refractivity contribution in [2.75, 3.05) is 0 Å². The lowest BCUT2D eigenvalue weighted by atomic mass is 9.82. The summed E-state index contributed by atoms with van der Waals surface area (Å²) in [5.74, 6) is 0. The van der Waals surface area contributed by atoms with Gasteiger partial charge in [-0.25, -0.2) is 0 Å². The fraction of sp³-hybridized carbons (Fsp3) is 1.00. The van der Waals surface area contributed by atoms with Crippen molar-refractivity contribution in [3.8, 4) is 0 Å². The molecule has 0 saturated heterocycles. The third kappa shape index (κ3) is 9.56. The largest absolute Gasteiger partial charge is 0.277 e. The second-order valence-corrected chi connectivity index (χ2v) is 8.99. The van der Waals surface area contributed by atoms with E-state index in [-0.39, 0.29) is 5.41 Å². The van der Waals surface area contributed by atoms with Crippen LogP contribution in [0.2, 0.25) is 0 Å². The Balaban J connectivity index is 4.72. The van der Waals surface area contributed by atoms with Gasteiger partial charge < -0.3 is 0 Å². The van der Waals surface area contributed by atoms with Gasteiger partial charge in [-0.2, -0.15) is 17.9 Å². The van der Waals surface area contributed by atoms with E-state index in [9.17, 15) is 8.42 Å². The number of hydrogen-bond acceptors (Lipinski definition) is 2. The van der Waals surface area contributed by atoms with Crippen LogP contribution < -0.4 is 9.44 Å². The molecule has 0 aromatic heterocycles. The molecule has 0 aliphatic carbocycles. The summed E-state index contributed by atoms with van der Waals surface area (Å²) in [7, 11) is -3.47. The lowest BCUT2D eigenvalue weighted by molar-refractivity contribution is 0.268. The molecule has 0 aromatic carbocycles. The first-order chi connectivity index (χ1) is 7.12. The normalized spacial score (nSPS) is 15.1. The van der Waals surface area contributed by atoms with Crippen molar-refractivity contribution in [2.24, 2.45) is 5.41 Å². The summed E-state index contributed by atoms with van der Waals surface area (Å²) in [4.78, 5) is 0. The Kier molecular flexibility index (Phi) is 4.82. The van der Waals surface area contributed by atoms with Crippen LogP contribution in [-0.4, -0.2) is 19.5 Å². The molecule has 2 N–H and O–H groups in total. The Morgan fingerprint density at radius 1 is 0.824 bits per heavy atom. The van der Waals surface area contributed by atoms with Gasteiger partial charge in [0, 0.05) is 11.1 Å². The Labute approximate surface area is 107 Å². The predicted octanol–water partition coefficient (Wildman–Crippen LogP) is 2.42. The second kappa shape index (κ2) is 4.86. The van der Waals surface area contributed by atoms with Crippen LogP contribution >= 0.6 is 0 Å². The summed E-state index contributed by atoms with van der Waals surface area (Å²) in [6.45, 7) is 15.6. The minimum absolute atomic E-state index is 0.0771. The molecule has 17 heavy (non-hydrogen) atoms. The highest BCUT2D eigenvalue weighted by molar-refractivity contribution is 7.87. The molecule has 4 nitrogen and oxygen atoms in total. The van der Waals surface area contributed by atoms with Gasteiger partial charge in [0.2, 0.25) is 0 Å². The third-order valence-corrected chi connectivity index (χ3v) is 3.53. The minimum Gasteiger partial charge on any atom is -0.197 e. The van der Waals surface area contributed by atoms with E-state index in [1.807, 2.05) is 34.6 Å². The average molecular weight is 264 g/mol. The van der Waals surface area contributed by atoms with Crippen molar-refractivity contribution in [2.45, 2.75) is 72.9 Å². The molecule has 0 fully saturated rings. The van der Waals surface area contributed by atoms with Crippen LogP contribution in [0.1, 0.15) is 61.8 Å². The number of rotatable bonds is 4. The van der Waals surface area contributed by atoms with E-state index in [0.29, 0.717) is 0 Å². The molecule has 0 aliphatic heterocycles. The van der Waals surface area contributed by atoms with Crippen LogP contribution in [0, 0.1) is 5.41 Å². The van der Waals surface area contributed by atoms with Crippen molar-refractivity contribution in [1.82, 2.24) is 9.44 Å². The summed E-state index contributed by atoms with van der Waals surface area (Å²) in [6.07, 6.45) is 0.769. The molecule has 0 radical (unpaired) electrons. The molecule has 0 bridgehead atoms. The van der Waals surface area contributed by atoms with Crippen LogP contribution in [0.5, 0.6) is 0 Å². The fourth-order valence-electron chi connectivity index (χ4n) is 2.15. The number of hydrogen-bond donors (Lipinski definition) is 2. The van der Waals surface area contributed by atoms with E-state index in [0.717, 1.165) is 6.42 Å². The summed E-state index contributed by atoms with van der Waals surface area (Å²) >= 11 is 0. The summed E-state index contributed by atoms with van der Waals surface area (Å²) < 4.78 is 29.2.